The predicted molar refractivity (Wildman–Crippen MR) is 85.2 cm³/mol. The number of benzene rings is 1. The Labute approximate surface area is 135 Å². The molecule has 1 aromatic carbocycles. The normalized spacial score (nSPS) is 19.9. The van der Waals surface area contributed by atoms with E-state index in [9.17, 15) is 4.79 Å². The molecule has 1 unspecified atom stereocenters. The molecular formula is C15H20Cl2N2O2. The number of aliphatic hydroxyl groups excluding tert-OH is 1. The summed E-state index contributed by atoms with van der Waals surface area (Å²) in [4.78, 5) is 16.6. The number of hydrogen-bond acceptors (Lipinski definition) is 3. The molecule has 4 nitrogen and oxygen atoms in total. The van der Waals surface area contributed by atoms with Crippen LogP contribution in [0.25, 0.3) is 0 Å². The van der Waals surface area contributed by atoms with Crippen LogP contribution < -0.4 is 0 Å². The number of likely N-dealkylation sites (N-methyl/N-ethyl adjacent to an activating group) is 1. The molecule has 21 heavy (non-hydrogen) atoms. The van der Waals surface area contributed by atoms with Crippen LogP contribution in [-0.2, 0) is 0 Å². The molecule has 1 heterocycles. The van der Waals surface area contributed by atoms with E-state index in [-0.39, 0.29) is 18.6 Å². The third kappa shape index (κ3) is 3.69. The zero-order chi connectivity index (χ0) is 15.6. The molecule has 1 aromatic rings. The van der Waals surface area contributed by atoms with E-state index in [1.807, 2.05) is 14.0 Å². The van der Waals surface area contributed by atoms with Crippen LogP contribution in [0.15, 0.2) is 12.1 Å². The maximum atomic E-state index is 12.6. The van der Waals surface area contributed by atoms with Gasteiger partial charge in [0.1, 0.15) is 0 Å². The van der Waals surface area contributed by atoms with Gasteiger partial charge in [0.15, 0.2) is 0 Å². The fraction of sp³-hybridized carbons (Fsp3) is 0.533. The molecule has 0 bridgehead atoms. The van der Waals surface area contributed by atoms with Gasteiger partial charge in [0.25, 0.3) is 5.91 Å². The Kier molecular flexibility index (Phi) is 5.49. The smallest absolute Gasteiger partial charge is 0.254 e. The first-order valence-electron chi connectivity index (χ1n) is 7.00. The van der Waals surface area contributed by atoms with Gasteiger partial charge in [0, 0.05) is 47.9 Å². The summed E-state index contributed by atoms with van der Waals surface area (Å²) in [7, 11) is 2.02. The van der Waals surface area contributed by atoms with Crippen molar-refractivity contribution in [3.8, 4) is 0 Å². The highest BCUT2D eigenvalue weighted by Crippen LogP contribution is 2.26. The molecule has 0 spiro atoms. The zero-order valence-electron chi connectivity index (χ0n) is 12.3. The molecule has 0 aliphatic carbocycles. The number of rotatable bonds is 3. The zero-order valence-corrected chi connectivity index (χ0v) is 13.8. The summed E-state index contributed by atoms with van der Waals surface area (Å²) in [5.74, 6) is -0.0603. The summed E-state index contributed by atoms with van der Waals surface area (Å²) >= 11 is 12.2. The minimum atomic E-state index is -0.0603. The minimum Gasteiger partial charge on any atom is -0.396 e. The number of hydrogen-bond donors (Lipinski definition) is 1. The number of piperazine rings is 1. The van der Waals surface area contributed by atoms with Crippen LogP contribution in [0.1, 0.15) is 22.3 Å². The first kappa shape index (κ1) is 16.6. The number of amides is 1. The Balaban J connectivity index is 2.16. The molecular weight excluding hydrogens is 311 g/mol. The van der Waals surface area contributed by atoms with Gasteiger partial charge in [0.2, 0.25) is 0 Å². The average molecular weight is 331 g/mol. The molecule has 1 amide bonds. The summed E-state index contributed by atoms with van der Waals surface area (Å²) in [6.45, 7) is 4.02. The van der Waals surface area contributed by atoms with E-state index in [4.69, 9.17) is 28.3 Å². The molecule has 1 N–H and O–H groups in total. The molecule has 2 rings (SSSR count). The summed E-state index contributed by atoms with van der Waals surface area (Å²) in [5.41, 5.74) is 1.30. The molecule has 1 saturated heterocycles. The lowest BCUT2D eigenvalue weighted by atomic mass is 10.1. The number of aliphatic hydroxyl groups is 1. The van der Waals surface area contributed by atoms with E-state index in [2.05, 4.69) is 4.90 Å². The molecule has 1 atom stereocenters. The second kappa shape index (κ2) is 6.97. The molecule has 6 heteroatoms. The average Bonchev–Trinajstić information content (AvgIpc) is 2.46. The van der Waals surface area contributed by atoms with Gasteiger partial charge in [-0.05, 0) is 38.1 Å². The summed E-state index contributed by atoms with van der Waals surface area (Å²) in [5, 5.41) is 10.1. The van der Waals surface area contributed by atoms with Crippen molar-refractivity contribution in [2.45, 2.75) is 19.4 Å². The monoisotopic (exact) mass is 330 g/mol. The van der Waals surface area contributed by atoms with Crippen molar-refractivity contribution in [3.63, 3.8) is 0 Å². The van der Waals surface area contributed by atoms with Crippen LogP contribution in [0, 0.1) is 6.92 Å². The molecule has 1 aliphatic heterocycles. The highest BCUT2D eigenvalue weighted by molar-refractivity contribution is 6.36. The van der Waals surface area contributed by atoms with Crippen LogP contribution in [0.4, 0.5) is 0 Å². The Morgan fingerprint density at radius 2 is 1.95 bits per heavy atom. The third-order valence-electron chi connectivity index (χ3n) is 4.05. The third-order valence-corrected chi connectivity index (χ3v) is 4.84. The Bertz CT molecular complexity index is 513. The first-order chi connectivity index (χ1) is 9.93. The van der Waals surface area contributed by atoms with E-state index < -0.39 is 0 Å². The molecule has 0 saturated carbocycles. The molecule has 1 aliphatic rings. The van der Waals surface area contributed by atoms with Gasteiger partial charge in [0.05, 0.1) is 0 Å². The van der Waals surface area contributed by atoms with Crippen molar-refractivity contribution in [1.29, 1.82) is 0 Å². The van der Waals surface area contributed by atoms with Crippen molar-refractivity contribution in [3.05, 3.63) is 33.3 Å². The fourth-order valence-corrected chi connectivity index (χ4v) is 3.03. The van der Waals surface area contributed by atoms with Crippen LogP contribution in [0.3, 0.4) is 0 Å². The standard InChI is InChI=1S/C15H20Cl2N2O2/c1-10-13(16)7-11(8-14(10)17)15(21)19-5-4-18(2)12(9-19)3-6-20/h7-8,12,20H,3-6,9H2,1-2H3. The highest BCUT2D eigenvalue weighted by atomic mass is 35.5. The largest absolute Gasteiger partial charge is 0.396 e. The first-order valence-corrected chi connectivity index (χ1v) is 7.75. The summed E-state index contributed by atoms with van der Waals surface area (Å²) in [6.07, 6.45) is 0.662. The lowest BCUT2D eigenvalue weighted by Gasteiger charge is -2.39. The van der Waals surface area contributed by atoms with Gasteiger partial charge in [-0.3, -0.25) is 9.69 Å². The lowest BCUT2D eigenvalue weighted by molar-refractivity contribution is 0.0500. The second-order valence-corrected chi connectivity index (χ2v) is 6.28. The molecule has 0 radical (unpaired) electrons. The Morgan fingerprint density at radius 3 is 2.52 bits per heavy atom. The topological polar surface area (TPSA) is 43.8 Å². The quantitative estimate of drug-likeness (QED) is 0.925. The van der Waals surface area contributed by atoms with Gasteiger partial charge in [-0.25, -0.2) is 0 Å². The van der Waals surface area contributed by atoms with Crippen molar-refractivity contribution in [2.75, 3.05) is 33.3 Å². The second-order valence-electron chi connectivity index (χ2n) is 5.46. The lowest BCUT2D eigenvalue weighted by Crippen LogP contribution is -2.53. The van der Waals surface area contributed by atoms with Gasteiger partial charge in [-0.15, -0.1) is 0 Å². The molecule has 116 valence electrons. The van der Waals surface area contributed by atoms with Crippen LogP contribution in [0.5, 0.6) is 0 Å². The minimum absolute atomic E-state index is 0.0603. The summed E-state index contributed by atoms with van der Waals surface area (Å²) in [6, 6.07) is 3.53. The van der Waals surface area contributed by atoms with Gasteiger partial charge >= 0.3 is 0 Å². The van der Waals surface area contributed by atoms with Crippen molar-refractivity contribution in [1.82, 2.24) is 9.80 Å². The van der Waals surface area contributed by atoms with Gasteiger partial charge < -0.3 is 10.0 Å². The highest BCUT2D eigenvalue weighted by Gasteiger charge is 2.27. The fourth-order valence-electron chi connectivity index (χ4n) is 2.54. The SMILES string of the molecule is Cc1c(Cl)cc(C(=O)N2CCN(C)C(CCO)C2)cc1Cl. The Hall–Kier alpha value is -0.810. The number of halogens is 2. The molecule has 1 fully saturated rings. The number of carbonyl (C=O) groups is 1. The maximum Gasteiger partial charge on any atom is 0.254 e. The number of carbonyl (C=O) groups excluding carboxylic acids is 1. The van der Waals surface area contributed by atoms with Crippen LogP contribution in [0.2, 0.25) is 10.0 Å². The van der Waals surface area contributed by atoms with E-state index in [0.29, 0.717) is 35.1 Å². The van der Waals surface area contributed by atoms with E-state index in [0.717, 1.165) is 12.1 Å². The van der Waals surface area contributed by atoms with Gasteiger partial charge in [-0.1, -0.05) is 23.2 Å². The van der Waals surface area contributed by atoms with E-state index in [1.165, 1.54) is 0 Å². The molecule has 0 aromatic heterocycles. The van der Waals surface area contributed by atoms with E-state index in [1.54, 1.807) is 17.0 Å². The maximum absolute atomic E-state index is 12.6. The Morgan fingerprint density at radius 1 is 1.33 bits per heavy atom. The van der Waals surface area contributed by atoms with Crippen LogP contribution >= 0.6 is 23.2 Å². The summed E-state index contributed by atoms with van der Waals surface area (Å²) < 4.78 is 0. The van der Waals surface area contributed by atoms with Gasteiger partial charge in [-0.2, -0.15) is 0 Å². The van der Waals surface area contributed by atoms with Crippen molar-refractivity contribution in [2.24, 2.45) is 0 Å². The number of nitrogens with zero attached hydrogens (tertiary/aromatic N) is 2. The van der Waals surface area contributed by atoms with Crippen molar-refractivity contribution >= 4 is 29.1 Å². The predicted octanol–water partition coefficient (Wildman–Crippen LogP) is 2.44. The van der Waals surface area contributed by atoms with Crippen LogP contribution in [-0.4, -0.2) is 60.1 Å². The van der Waals surface area contributed by atoms with Crippen molar-refractivity contribution < 1.29 is 9.90 Å². The van der Waals surface area contributed by atoms with E-state index >= 15 is 0 Å².